The molecule has 0 aliphatic carbocycles. The van der Waals surface area contributed by atoms with Gasteiger partial charge in [0.15, 0.2) is 0 Å². The van der Waals surface area contributed by atoms with Crippen molar-refractivity contribution in [2.24, 2.45) is 0 Å². The average Bonchev–Trinajstić information content (AvgIpc) is 2.91. The molecule has 0 unspecified atom stereocenters. The van der Waals surface area contributed by atoms with Crippen LogP contribution in [0.4, 0.5) is 5.69 Å². The molecule has 2 atom stereocenters. The molecule has 0 saturated heterocycles. The van der Waals surface area contributed by atoms with E-state index in [1.807, 2.05) is 38.1 Å². The van der Waals surface area contributed by atoms with Crippen LogP contribution in [0.15, 0.2) is 88.2 Å². The summed E-state index contributed by atoms with van der Waals surface area (Å²) < 4.78 is 29.3. The van der Waals surface area contributed by atoms with Crippen LogP contribution in [0, 0.1) is 0 Å². The van der Waals surface area contributed by atoms with Crippen molar-refractivity contribution in [1.82, 2.24) is 10.2 Å². The zero-order valence-electron chi connectivity index (χ0n) is 21.5. The molecule has 38 heavy (non-hydrogen) atoms. The number of sulfonamides is 1. The maximum atomic E-state index is 13.9. The highest BCUT2D eigenvalue weighted by atomic mass is 79.9. The van der Waals surface area contributed by atoms with E-state index in [2.05, 4.69) is 21.2 Å². The summed E-state index contributed by atoms with van der Waals surface area (Å²) in [6, 6.07) is 20.7. The molecule has 10 heteroatoms. The van der Waals surface area contributed by atoms with Crippen molar-refractivity contribution in [3.63, 3.8) is 0 Å². The van der Waals surface area contributed by atoms with Crippen LogP contribution in [0.5, 0.6) is 0 Å². The van der Waals surface area contributed by atoms with Crippen molar-refractivity contribution in [3.8, 4) is 0 Å². The fourth-order valence-electron chi connectivity index (χ4n) is 3.71. The quantitative estimate of drug-likeness (QED) is 0.301. The molecular weight excluding hydrogens is 590 g/mol. The number of amides is 2. The van der Waals surface area contributed by atoms with E-state index in [0.29, 0.717) is 5.02 Å². The van der Waals surface area contributed by atoms with Gasteiger partial charge in [-0.15, -0.1) is 0 Å². The smallest absolute Gasteiger partial charge is 0.264 e. The third kappa shape index (κ3) is 7.58. The summed E-state index contributed by atoms with van der Waals surface area (Å²) in [6.45, 7) is 5.09. The Bertz CT molecular complexity index is 1350. The molecule has 0 heterocycles. The van der Waals surface area contributed by atoms with E-state index in [4.69, 9.17) is 11.6 Å². The molecule has 2 amide bonds. The van der Waals surface area contributed by atoms with E-state index < -0.39 is 28.5 Å². The zero-order valence-corrected chi connectivity index (χ0v) is 24.6. The number of nitrogens with zero attached hydrogens (tertiary/aromatic N) is 2. The van der Waals surface area contributed by atoms with E-state index in [1.165, 1.54) is 23.1 Å². The molecule has 0 aromatic heterocycles. The van der Waals surface area contributed by atoms with Crippen molar-refractivity contribution in [2.45, 2.75) is 50.7 Å². The van der Waals surface area contributed by atoms with Crippen LogP contribution in [0.2, 0.25) is 5.02 Å². The first-order valence-corrected chi connectivity index (χ1v) is 14.8. The first kappa shape index (κ1) is 29.7. The van der Waals surface area contributed by atoms with Gasteiger partial charge < -0.3 is 10.2 Å². The fraction of sp³-hybridized carbons (Fsp3) is 0.286. The van der Waals surface area contributed by atoms with Gasteiger partial charge in [0.05, 0.1) is 10.6 Å². The minimum Gasteiger partial charge on any atom is -0.352 e. The normalized spacial score (nSPS) is 12.9. The van der Waals surface area contributed by atoms with E-state index in [0.717, 1.165) is 20.8 Å². The number of hydrogen-bond acceptors (Lipinski definition) is 4. The molecule has 3 aromatic carbocycles. The first-order valence-electron chi connectivity index (χ1n) is 12.2. The molecule has 202 valence electrons. The van der Waals surface area contributed by atoms with Crippen LogP contribution in [0.1, 0.15) is 32.8 Å². The Labute approximate surface area is 238 Å². The number of carbonyl (C=O) groups is 2. The third-order valence-electron chi connectivity index (χ3n) is 6.14. The Balaban J connectivity index is 2.01. The Morgan fingerprint density at radius 2 is 1.63 bits per heavy atom. The second-order valence-electron chi connectivity index (χ2n) is 8.95. The first-order chi connectivity index (χ1) is 18.0. The highest BCUT2D eigenvalue weighted by Gasteiger charge is 2.32. The zero-order chi connectivity index (χ0) is 27.9. The highest BCUT2D eigenvalue weighted by Crippen LogP contribution is 2.27. The largest absolute Gasteiger partial charge is 0.352 e. The molecule has 0 bridgehead atoms. The summed E-state index contributed by atoms with van der Waals surface area (Å²) in [6.07, 6.45) is 0.733. The monoisotopic (exact) mass is 619 g/mol. The SMILES string of the molecule is CC[C@@H](C)NC(=O)[C@@H](C)N(Cc1ccc(Br)cc1)C(=O)CN(c1cccc(Cl)c1)S(=O)(=O)c1ccccc1. The molecule has 0 fully saturated rings. The Morgan fingerprint density at radius 3 is 2.24 bits per heavy atom. The van der Waals surface area contributed by atoms with Crippen molar-refractivity contribution >= 4 is 55.1 Å². The number of rotatable bonds is 11. The molecule has 0 saturated carbocycles. The van der Waals surface area contributed by atoms with E-state index >= 15 is 0 Å². The second kappa shape index (κ2) is 13.3. The van der Waals surface area contributed by atoms with Crippen LogP contribution in [-0.4, -0.2) is 43.8 Å². The number of anilines is 1. The molecule has 3 rings (SSSR count). The van der Waals surface area contributed by atoms with E-state index in [1.54, 1.807) is 43.3 Å². The summed E-state index contributed by atoms with van der Waals surface area (Å²) in [5.74, 6) is -0.843. The van der Waals surface area contributed by atoms with Gasteiger partial charge in [0.2, 0.25) is 11.8 Å². The lowest BCUT2D eigenvalue weighted by Crippen LogP contribution is -2.52. The van der Waals surface area contributed by atoms with Crippen LogP contribution in [0.25, 0.3) is 0 Å². The van der Waals surface area contributed by atoms with Crippen LogP contribution >= 0.6 is 27.5 Å². The van der Waals surface area contributed by atoms with Crippen molar-refractivity contribution in [2.75, 3.05) is 10.8 Å². The Kier molecular flexibility index (Phi) is 10.4. The molecule has 7 nitrogen and oxygen atoms in total. The van der Waals surface area contributed by atoms with Gasteiger partial charge in [-0.2, -0.15) is 0 Å². The van der Waals surface area contributed by atoms with Gasteiger partial charge in [-0.3, -0.25) is 13.9 Å². The average molecular weight is 621 g/mol. The topological polar surface area (TPSA) is 86.8 Å². The number of nitrogens with one attached hydrogen (secondary N) is 1. The van der Waals surface area contributed by atoms with Crippen LogP contribution in [0.3, 0.4) is 0 Å². The lowest BCUT2D eigenvalue weighted by molar-refractivity contribution is -0.139. The van der Waals surface area contributed by atoms with Gasteiger partial charge in [-0.1, -0.05) is 70.9 Å². The van der Waals surface area contributed by atoms with Gasteiger partial charge >= 0.3 is 0 Å². The summed E-state index contributed by atoms with van der Waals surface area (Å²) in [4.78, 5) is 28.4. The maximum absolute atomic E-state index is 13.9. The molecule has 1 N–H and O–H groups in total. The standard InChI is InChI=1S/C28H31BrClN3O4S/c1-4-20(2)31-28(35)21(3)32(18-22-13-15-23(29)16-14-22)27(34)19-33(25-10-8-9-24(30)17-25)38(36,37)26-11-6-5-7-12-26/h5-17,20-21H,4,18-19H2,1-3H3,(H,31,35)/t20-,21-/m1/s1. The fourth-order valence-corrected chi connectivity index (χ4v) is 5.59. The summed E-state index contributed by atoms with van der Waals surface area (Å²) in [5.41, 5.74) is 1.04. The molecular formula is C28H31BrClN3O4S. The molecule has 0 radical (unpaired) electrons. The van der Waals surface area contributed by atoms with E-state index in [-0.39, 0.29) is 29.1 Å². The lowest BCUT2D eigenvalue weighted by atomic mass is 10.1. The lowest BCUT2D eigenvalue weighted by Gasteiger charge is -2.32. The predicted molar refractivity (Wildman–Crippen MR) is 154 cm³/mol. The number of hydrogen-bond donors (Lipinski definition) is 1. The summed E-state index contributed by atoms with van der Waals surface area (Å²) in [5, 5.41) is 3.25. The summed E-state index contributed by atoms with van der Waals surface area (Å²) >= 11 is 9.59. The van der Waals surface area contributed by atoms with Crippen LogP contribution in [-0.2, 0) is 26.2 Å². The van der Waals surface area contributed by atoms with Gasteiger partial charge in [0.25, 0.3) is 10.0 Å². The van der Waals surface area contributed by atoms with Gasteiger partial charge in [-0.25, -0.2) is 8.42 Å². The molecule has 3 aromatic rings. The molecule has 0 spiro atoms. The van der Waals surface area contributed by atoms with Gasteiger partial charge in [0.1, 0.15) is 12.6 Å². The number of carbonyl (C=O) groups excluding carboxylic acids is 2. The molecule has 0 aliphatic heterocycles. The third-order valence-corrected chi connectivity index (χ3v) is 8.69. The summed E-state index contributed by atoms with van der Waals surface area (Å²) in [7, 11) is -4.13. The minimum atomic E-state index is -4.13. The van der Waals surface area contributed by atoms with Crippen molar-refractivity contribution < 1.29 is 18.0 Å². The van der Waals surface area contributed by atoms with E-state index in [9.17, 15) is 18.0 Å². The Morgan fingerprint density at radius 1 is 0.974 bits per heavy atom. The van der Waals surface area contributed by atoms with Crippen molar-refractivity contribution in [1.29, 1.82) is 0 Å². The molecule has 0 aliphatic rings. The maximum Gasteiger partial charge on any atom is 0.264 e. The van der Waals surface area contributed by atoms with Gasteiger partial charge in [0, 0.05) is 22.1 Å². The predicted octanol–water partition coefficient (Wildman–Crippen LogP) is 5.63. The van der Waals surface area contributed by atoms with Crippen LogP contribution < -0.4 is 9.62 Å². The highest BCUT2D eigenvalue weighted by molar-refractivity contribution is 9.10. The number of benzene rings is 3. The minimum absolute atomic E-state index is 0.0368. The second-order valence-corrected chi connectivity index (χ2v) is 12.2. The van der Waals surface area contributed by atoms with Crippen molar-refractivity contribution in [3.05, 3.63) is 93.9 Å². The van der Waals surface area contributed by atoms with Gasteiger partial charge in [-0.05, 0) is 68.3 Å². The Hall–Kier alpha value is -2.88. The number of halogens is 2.